The van der Waals surface area contributed by atoms with Crippen molar-refractivity contribution < 1.29 is 9.18 Å². The maximum atomic E-state index is 13.7. The molecule has 5 heteroatoms. The Bertz CT molecular complexity index is 797. The van der Waals surface area contributed by atoms with Gasteiger partial charge in [-0.1, -0.05) is 30.3 Å². The molecule has 1 aromatic heterocycles. The molecule has 1 heterocycles. The first-order valence-electron chi connectivity index (χ1n) is 6.58. The summed E-state index contributed by atoms with van der Waals surface area (Å²) in [6.07, 6.45) is 1.67. The van der Waals surface area contributed by atoms with Crippen LogP contribution in [-0.2, 0) is 6.54 Å². The van der Waals surface area contributed by atoms with Crippen molar-refractivity contribution in [2.24, 2.45) is 0 Å². The summed E-state index contributed by atoms with van der Waals surface area (Å²) < 4.78 is 13.7. The Morgan fingerprint density at radius 1 is 1.24 bits per heavy atom. The van der Waals surface area contributed by atoms with Gasteiger partial charge in [-0.15, -0.1) is 0 Å². The van der Waals surface area contributed by atoms with Crippen LogP contribution in [0.4, 0.5) is 4.39 Å². The van der Waals surface area contributed by atoms with Crippen molar-refractivity contribution in [2.75, 3.05) is 7.05 Å². The minimum absolute atomic E-state index is 0.173. The molecule has 0 aliphatic carbocycles. The topological polar surface area (TPSA) is 49.0 Å². The van der Waals surface area contributed by atoms with Crippen LogP contribution in [0.5, 0.6) is 0 Å². The summed E-state index contributed by atoms with van der Waals surface area (Å²) in [6, 6.07) is 11.9. The first-order chi connectivity index (χ1) is 10.2. The van der Waals surface area contributed by atoms with E-state index in [4.69, 9.17) is 0 Å². The maximum absolute atomic E-state index is 13.7. The second-order valence-electron chi connectivity index (χ2n) is 4.89. The number of benzene rings is 2. The number of rotatable bonds is 3. The molecule has 0 unspecified atom stereocenters. The highest BCUT2D eigenvalue weighted by atomic mass is 19.1. The van der Waals surface area contributed by atoms with Crippen molar-refractivity contribution in [1.82, 2.24) is 15.1 Å². The van der Waals surface area contributed by atoms with Gasteiger partial charge >= 0.3 is 0 Å². The molecule has 106 valence electrons. The molecular weight excluding hydrogens is 269 g/mol. The Morgan fingerprint density at radius 3 is 2.86 bits per heavy atom. The molecule has 21 heavy (non-hydrogen) atoms. The van der Waals surface area contributed by atoms with Crippen LogP contribution >= 0.6 is 0 Å². The lowest BCUT2D eigenvalue weighted by Gasteiger charge is -2.18. The van der Waals surface area contributed by atoms with E-state index >= 15 is 0 Å². The largest absolute Gasteiger partial charge is 0.337 e. The van der Waals surface area contributed by atoms with E-state index in [1.54, 1.807) is 37.5 Å². The number of halogens is 1. The normalized spacial score (nSPS) is 10.8. The van der Waals surface area contributed by atoms with E-state index in [9.17, 15) is 9.18 Å². The molecule has 0 aliphatic heterocycles. The molecule has 0 atom stereocenters. The molecule has 3 rings (SSSR count). The highest BCUT2D eigenvalue weighted by Gasteiger charge is 2.16. The van der Waals surface area contributed by atoms with Gasteiger partial charge in [0.2, 0.25) is 0 Å². The number of carbonyl (C=O) groups is 1. The Labute approximate surface area is 121 Å². The van der Waals surface area contributed by atoms with Gasteiger partial charge in [0.05, 0.1) is 17.3 Å². The van der Waals surface area contributed by atoms with E-state index in [1.165, 1.54) is 11.0 Å². The Kier molecular flexibility index (Phi) is 3.39. The number of fused-ring (bicyclic) bond motifs is 1. The van der Waals surface area contributed by atoms with Crippen molar-refractivity contribution >= 4 is 16.8 Å². The number of aromatic nitrogens is 2. The molecule has 0 radical (unpaired) electrons. The summed E-state index contributed by atoms with van der Waals surface area (Å²) >= 11 is 0. The van der Waals surface area contributed by atoms with Crippen LogP contribution in [0.15, 0.2) is 48.7 Å². The van der Waals surface area contributed by atoms with Crippen molar-refractivity contribution in [3.8, 4) is 0 Å². The summed E-state index contributed by atoms with van der Waals surface area (Å²) in [6.45, 7) is 0.218. The van der Waals surface area contributed by atoms with Crippen molar-refractivity contribution in [2.45, 2.75) is 6.54 Å². The van der Waals surface area contributed by atoms with Crippen LogP contribution in [0.1, 0.15) is 15.9 Å². The maximum Gasteiger partial charge on any atom is 0.256 e. The Hall–Kier alpha value is -2.69. The first-order valence-corrected chi connectivity index (χ1v) is 6.58. The average molecular weight is 283 g/mol. The molecule has 2 aromatic carbocycles. The van der Waals surface area contributed by atoms with Crippen molar-refractivity contribution in [3.63, 3.8) is 0 Å². The lowest BCUT2D eigenvalue weighted by atomic mass is 10.1. The molecule has 0 bridgehead atoms. The molecule has 3 aromatic rings. The van der Waals surface area contributed by atoms with Crippen LogP contribution < -0.4 is 0 Å². The van der Waals surface area contributed by atoms with Crippen LogP contribution in [0.3, 0.4) is 0 Å². The lowest BCUT2D eigenvalue weighted by molar-refractivity contribution is 0.0785. The van der Waals surface area contributed by atoms with Crippen LogP contribution in [0, 0.1) is 5.82 Å². The van der Waals surface area contributed by atoms with E-state index in [0.29, 0.717) is 16.6 Å². The van der Waals surface area contributed by atoms with Gasteiger partial charge in [0.1, 0.15) is 5.82 Å². The number of hydrogen-bond acceptors (Lipinski definition) is 2. The zero-order valence-electron chi connectivity index (χ0n) is 11.5. The van der Waals surface area contributed by atoms with Crippen LogP contribution in [0.2, 0.25) is 0 Å². The van der Waals surface area contributed by atoms with E-state index in [-0.39, 0.29) is 18.3 Å². The fraction of sp³-hybridized carbons (Fsp3) is 0.125. The number of nitrogens with zero attached hydrogens (tertiary/aromatic N) is 2. The quantitative estimate of drug-likeness (QED) is 0.803. The van der Waals surface area contributed by atoms with Crippen LogP contribution in [-0.4, -0.2) is 28.1 Å². The van der Waals surface area contributed by atoms with Gasteiger partial charge in [0, 0.05) is 24.5 Å². The minimum Gasteiger partial charge on any atom is -0.337 e. The number of aromatic amines is 1. The predicted octanol–water partition coefficient (Wildman–Crippen LogP) is 2.97. The number of amides is 1. The molecule has 0 saturated carbocycles. The summed E-state index contributed by atoms with van der Waals surface area (Å²) in [5.74, 6) is -0.481. The third-order valence-electron chi connectivity index (χ3n) is 3.42. The second kappa shape index (κ2) is 5.36. The molecule has 4 nitrogen and oxygen atoms in total. The lowest BCUT2D eigenvalue weighted by Crippen LogP contribution is -2.26. The predicted molar refractivity (Wildman–Crippen MR) is 78.3 cm³/mol. The van der Waals surface area contributed by atoms with Crippen molar-refractivity contribution in [3.05, 3.63) is 65.6 Å². The standard InChI is InChI=1S/C16H14FN3O/c1-20(10-12-5-2-3-8-14(12)17)16(21)13-7-4-6-11-9-18-19-15(11)13/h2-9H,10H2,1H3,(H,18,19). The van der Waals surface area contributed by atoms with Gasteiger partial charge in [-0.2, -0.15) is 5.10 Å². The van der Waals surface area contributed by atoms with Gasteiger partial charge in [-0.05, 0) is 12.1 Å². The average Bonchev–Trinajstić information content (AvgIpc) is 2.97. The zero-order chi connectivity index (χ0) is 14.8. The zero-order valence-corrected chi connectivity index (χ0v) is 11.5. The third-order valence-corrected chi connectivity index (χ3v) is 3.42. The minimum atomic E-state index is -0.308. The molecule has 1 N–H and O–H groups in total. The Balaban J connectivity index is 1.88. The van der Waals surface area contributed by atoms with Gasteiger partial charge < -0.3 is 4.90 Å². The monoisotopic (exact) mass is 283 g/mol. The summed E-state index contributed by atoms with van der Waals surface area (Å²) in [5.41, 5.74) is 1.72. The smallest absolute Gasteiger partial charge is 0.256 e. The Morgan fingerprint density at radius 2 is 2.05 bits per heavy atom. The van der Waals surface area contributed by atoms with Gasteiger partial charge in [0.25, 0.3) is 5.91 Å². The van der Waals surface area contributed by atoms with Gasteiger partial charge in [-0.3, -0.25) is 9.89 Å². The number of hydrogen-bond donors (Lipinski definition) is 1. The molecule has 0 aliphatic rings. The second-order valence-corrected chi connectivity index (χ2v) is 4.89. The summed E-state index contributed by atoms with van der Waals surface area (Å²) in [5, 5.41) is 7.65. The number of H-pyrrole nitrogens is 1. The molecule has 1 amide bonds. The molecule has 0 spiro atoms. The van der Waals surface area contributed by atoms with Crippen LogP contribution in [0.25, 0.3) is 10.9 Å². The van der Waals surface area contributed by atoms with Gasteiger partial charge in [-0.25, -0.2) is 4.39 Å². The first kappa shape index (κ1) is 13.3. The van der Waals surface area contributed by atoms with E-state index in [1.807, 2.05) is 12.1 Å². The number of nitrogens with one attached hydrogen (secondary N) is 1. The fourth-order valence-electron chi connectivity index (χ4n) is 2.31. The molecule has 0 fully saturated rings. The van der Waals surface area contributed by atoms with E-state index in [0.717, 1.165) is 5.39 Å². The summed E-state index contributed by atoms with van der Waals surface area (Å²) in [7, 11) is 1.66. The third kappa shape index (κ3) is 2.50. The molecular formula is C16H14FN3O. The van der Waals surface area contributed by atoms with Crippen molar-refractivity contribution in [1.29, 1.82) is 0 Å². The highest BCUT2D eigenvalue weighted by molar-refractivity contribution is 6.05. The SMILES string of the molecule is CN(Cc1ccccc1F)C(=O)c1cccc2cn[nH]c12. The van der Waals surface area contributed by atoms with E-state index < -0.39 is 0 Å². The highest BCUT2D eigenvalue weighted by Crippen LogP contribution is 2.18. The van der Waals surface area contributed by atoms with E-state index in [2.05, 4.69) is 10.2 Å². The van der Waals surface area contributed by atoms with Gasteiger partial charge in [0.15, 0.2) is 0 Å². The fourth-order valence-corrected chi connectivity index (χ4v) is 2.31. The molecule has 0 saturated heterocycles. The number of para-hydroxylation sites is 1. The number of carbonyl (C=O) groups excluding carboxylic acids is 1. The summed E-state index contributed by atoms with van der Waals surface area (Å²) in [4.78, 5) is 14.0.